The minimum Gasteiger partial charge on any atom is -0.341 e. The van der Waals surface area contributed by atoms with E-state index in [0.717, 1.165) is 11.6 Å². The Bertz CT molecular complexity index is 1350. The smallest absolute Gasteiger partial charge is 0.238 e. The summed E-state index contributed by atoms with van der Waals surface area (Å²) in [5.41, 5.74) is 1.83. The second-order valence-corrected chi connectivity index (χ2v) is 10.1. The SMILES string of the molecule is CNS(=O)(=O)C=C1C=CC=C(Nc2nc(Nc3ccc(C)c(S(N)(=O)=O)c3)ncc2F)C1. The molecule has 10 nitrogen and oxygen atoms in total. The fourth-order valence-electron chi connectivity index (χ4n) is 2.83. The number of hydrogen-bond donors (Lipinski definition) is 4. The average Bonchev–Trinajstić information content (AvgIpc) is 2.71. The minimum atomic E-state index is -3.92. The fourth-order valence-corrected chi connectivity index (χ4v) is 4.32. The van der Waals surface area contributed by atoms with Gasteiger partial charge in [-0.15, -0.1) is 0 Å². The Morgan fingerprint density at radius 2 is 1.94 bits per heavy atom. The van der Waals surface area contributed by atoms with E-state index in [0.29, 0.717) is 22.5 Å². The zero-order valence-electron chi connectivity index (χ0n) is 17.1. The highest BCUT2D eigenvalue weighted by molar-refractivity contribution is 7.92. The van der Waals surface area contributed by atoms with Gasteiger partial charge in [0.25, 0.3) is 0 Å². The molecule has 5 N–H and O–H groups in total. The number of hydrogen-bond acceptors (Lipinski definition) is 8. The van der Waals surface area contributed by atoms with Gasteiger partial charge in [0.15, 0.2) is 11.6 Å². The number of aryl methyl sites for hydroxylation is 1. The average molecular weight is 481 g/mol. The van der Waals surface area contributed by atoms with Gasteiger partial charge < -0.3 is 10.6 Å². The van der Waals surface area contributed by atoms with Crippen LogP contribution in [0.2, 0.25) is 0 Å². The van der Waals surface area contributed by atoms with Crippen LogP contribution in [0.4, 0.5) is 21.8 Å². The quantitative estimate of drug-likeness (QED) is 0.469. The predicted octanol–water partition coefficient (Wildman–Crippen LogP) is 2.00. The van der Waals surface area contributed by atoms with Crippen molar-refractivity contribution in [2.24, 2.45) is 5.14 Å². The molecule has 32 heavy (non-hydrogen) atoms. The highest BCUT2D eigenvalue weighted by Crippen LogP contribution is 2.24. The van der Waals surface area contributed by atoms with Crippen molar-refractivity contribution in [2.75, 3.05) is 17.7 Å². The van der Waals surface area contributed by atoms with E-state index < -0.39 is 25.9 Å². The Morgan fingerprint density at radius 1 is 1.19 bits per heavy atom. The molecule has 0 radical (unpaired) electrons. The molecule has 1 aromatic carbocycles. The van der Waals surface area contributed by atoms with Crippen LogP contribution in [0.3, 0.4) is 0 Å². The Balaban J connectivity index is 1.82. The fraction of sp³-hybridized carbons (Fsp3) is 0.158. The molecule has 0 spiro atoms. The van der Waals surface area contributed by atoms with E-state index in [1.807, 2.05) is 0 Å². The van der Waals surface area contributed by atoms with Crippen molar-refractivity contribution in [3.8, 4) is 0 Å². The van der Waals surface area contributed by atoms with Crippen LogP contribution < -0.4 is 20.5 Å². The van der Waals surface area contributed by atoms with Crippen molar-refractivity contribution in [1.29, 1.82) is 0 Å². The van der Waals surface area contributed by atoms with Crippen molar-refractivity contribution in [2.45, 2.75) is 18.2 Å². The number of nitrogens with zero attached hydrogens (tertiary/aromatic N) is 2. The van der Waals surface area contributed by atoms with Gasteiger partial charge in [0.1, 0.15) is 0 Å². The van der Waals surface area contributed by atoms with E-state index in [1.165, 1.54) is 13.1 Å². The van der Waals surface area contributed by atoms with E-state index in [-0.39, 0.29) is 23.1 Å². The molecule has 13 heteroatoms. The number of nitrogens with two attached hydrogens (primary N) is 1. The van der Waals surface area contributed by atoms with Gasteiger partial charge in [-0.3, -0.25) is 0 Å². The third-order valence-corrected chi connectivity index (χ3v) is 6.60. The molecule has 2 aromatic rings. The summed E-state index contributed by atoms with van der Waals surface area (Å²) in [6.45, 7) is 1.61. The lowest BCUT2D eigenvalue weighted by atomic mass is 10.1. The number of benzene rings is 1. The molecule has 0 saturated carbocycles. The molecular weight excluding hydrogens is 459 g/mol. The van der Waals surface area contributed by atoms with E-state index in [9.17, 15) is 21.2 Å². The highest BCUT2D eigenvalue weighted by atomic mass is 32.2. The van der Waals surface area contributed by atoms with E-state index in [2.05, 4.69) is 25.3 Å². The Kier molecular flexibility index (Phi) is 6.74. The maximum atomic E-state index is 14.3. The molecule has 0 bridgehead atoms. The number of allylic oxidation sites excluding steroid dienone is 4. The predicted molar refractivity (Wildman–Crippen MR) is 119 cm³/mol. The summed E-state index contributed by atoms with van der Waals surface area (Å²) in [5.74, 6) is -0.856. The van der Waals surface area contributed by atoms with Crippen LogP contribution in [-0.4, -0.2) is 33.9 Å². The number of anilines is 3. The first-order valence-electron chi connectivity index (χ1n) is 9.18. The van der Waals surface area contributed by atoms with Crippen LogP contribution in [0.15, 0.2) is 64.2 Å². The molecule has 1 heterocycles. The third-order valence-electron chi connectivity index (χ3n) is 4.37. The number of sulfonamides is 2. The van der Waals surface area contributed by atoms with Crippen molar-refractivity contribution < 1.29 is 21.2 Å². The summed E-state index contributed by atoms with van der Waals surface area (Å²) >= 11 is 0. The van der Waals surface area contributed by atoms with Gasteiger partial charge in [0.05, 0.1) is 11.1 Å². The molecule has 0 unspecified atom stereocenters. The van der Waals surface area contributed by atoms with Gasteiger partial charge in [-0.1, -0.05) is 18.2 Å². The maximum Gasteiger partial charge on any atom is 0.238 e. The lowest BCUT2D eigenvalue weighted by Gasteiger charge is -2.15. The molecule has 0 aliphatic heterocycles. The van der Waals surface area contributed by atoms with E-state index in [4.69, 9.17) is 5.14 Å². The largest absolute Gasteiger partial charge is 0.341 e. The molecule has 170 valence electrons. The molecule has 0 amide bonds. The van der Waals surface area contributed by atoms with Gasteiger partial charge in [-0.25, -0.2) is 36.1 Å². The molecule has 0 saturated heterocycles. The van der Waals surface area contributed by atoms with Crippen LogP contribution >= 0.6 is 0 Å². The van der Waals surface area contributed by atoms with Crippen molar-refractivity contribution in [1.82, 2.24) is 14.7 Å². The topological polar surface area (TPSA) is 156 Å². The second-order valence-electron chi connectivity index (χ2n) is 6.84. The van der Waals surface area contributed by atoms with Crippen molar-refractivity contribution in [3.05, 3.63) is 70.7 Å². The van der Waals surface area contributed by atoms with Crippen LogP contribution in [0.1, 0.15) is 12.0 Å². The molecule has 1 aliphatic rings. The highest BCUT2D eigenvalue weighted by Gasteiger charge is 2.15. The third kappa shape index (κ3) is 5.97. The number of rotatable bonds is 7. The molecule has 1 aliphatic carbocycles. The standard InChI is InChI=1S/C19H21FN6O4S2/c1-12-6-7-15(9-17(12)32(21,29)30)25-19-23-10-16(20)18(26-19)24-14-5-3-4-13(8-14)11-31(27,28)22-2/h3-7,9-11,22H,8H2,1-2H3,(H2,21,29,30)(H2,23,24,25,26). The maximum absolute atomic E-state index is 14.3. The molecule has 0 atom stereocenters. The van der Waals surface area contributed by atoms with Gasteiger partial charge >= 0.3 is 0 Å². The Morgan fingerprint density at radius 3 is 2.62 bits per heavy atom. The van der Waals surface area contributed by atoms with Crippen molar-refractivity contribution in [3.63, 3.8) is 0 Å². The monoisotopic (exact) mass is 480 g/mol. The summed E-state index contributed by atoms with van der Waals surface area (Å²) in [4.78, 5) is 7.90. The van der Waals surface area contributed by atoms with E-state index >= 15 is 0 Å². The van der Waals surface area contributed by atoms with Crippen LogP contribution in [0.5, 0.6) is 0 Å². The number of halogens is 1. The van der Waals surface area contributed by atoms with Crippen molar-refractivity contribution >= 4 is 37.5 Å². The Hall–Kier alpha value is -3.13. The van der Waals surface area contributed by atoms with Crippen LogP contribution in [0, 0.1) is 12.7 Å². The first kappa shape index (κ1) is 23.5. The molecule has 0 fully saturated rings. The summed E-state index contributed by atoms with van der Waals surface area (Å²) in [6, 6.07) is 4.51. The lowest BCUT2D eigenvalue weighted by molar-refractivity contribution is 0.595. The van der Waals surface area contributed by atoms with Crippen LogP contribution in [-0.2, 0) is 20.0 Å². The van der Waals surface area contributed by atoms with Crippen LogP contribution in [0.25, 0.3) is 0 Å². The lowest BCUT2D eigenvalue weighted by Crippen LogP contribution is -2.16. The van der Waals surface area contributed by atoms with Gasteiger partial charge in [0, 0.05) is 23.2 Å². The van der Waals surface area contributed by atoms with Gasteiger partial charge in [0.2, 0.25) is 26.0 Å². The minimum absolute atomic E-state index is 0.0126. The first-order chi connectivity index (χ1) is 15.0. The van der Waals surface area contributed by atoms with E-state index in [1.54, 1.807) is 37.3 Å². The number of primary sulfonamides is 1. The first-order valence-corrected chi connectivity index (χ1v) is 12.3. The summed E-state index contributed by atoms with van der Waals surface area (Å²) < 4.78 is 63.3. The number of nitrogens with one attached hydrogen (secondary N) is 3. The second kappa shape index (κ2) is 9.16. The molecular formula is C19H21FN6O4S2. The summed E-state index contributed by atoms with van der Waals surface area (Å²) in [6.07, 6.45) is 6.08. The molecule has 1 aromatic heterocycles. The van der Waals surface area contributed by atoms with Gasteiger partial charge in [-0.2, -0.15) is 4.98 Å². The molecule has 3 rings (SSSR count). The summed E-state index contributed by atoms with van der Waals surface area (Å²) in [7, 11) is -6.18. The normalized spacial score (nSPS) is 15.5. The van der Waals surface area contributed by atoms with Gasteiger partial charge in [-0.05, 0) is 43.3 Å². The zero-order valence-corrected chi connectivity index (χ0v) is 18.8. The zero-order chi connectivity index (χ0) is 23.5. The Labute approximate surface area is 185 Å². The summed E-state index contributed by atoms with van der Waals surface area (Å²) in [5, 5.41) is 11.9. The number of aromatic nitrogens is 2.